The second-order valence-electron chi connectivity index (χ2n) is 7.82. The number of hydrogen-bond acceptors (Lipinski definition) is 5. The van der Waals surface area contributed by atoms with Gasteiger partial charge in [0.25, 0.3) is 0 Å². The Morgan fingerprint density at radius 3 is 2.64 bits per heavy atom. The molecule has 0 radical (unpaired) electrons. The van der Waals surface area contributed by atoms with Crippen molar-refractivity contribution in [2.75, 3.05) is 0 Å². The molecule has 3 aliphatic rings. The average molecular weight is 445 g/mol. The van der Waals surface area contributed by atoms with Gasteiger partial charge in [-0.1, -0.05) is 30.2 Å². The largest absolute Gasteiger partial charge is 0.461 e. The summed E-state index contributed by atoms with van der Waals surface area (Å²) in [6, 6.07) is 7.07. The fourth-order valence-corrected chi connectivity index (χ4v) is 5.18. The van der Waals surface area contributed by atoms with Gasteiger partial charge in [-0.3, -0.25) is 9.59 Å². The van der Waals surface area contributed by atoms with Gasteiger partial charge in [-0.2, -0.15) is 0 Å². The number of ether oxygens (including phenoxy) is 2. The van der Waals surface area contributed by atoms with Crippen LogP contribution in [0.5, 0.6) is 0 Å². The van der Waals surface area contributed by atoms with Crippen molar-refractivity contribution in [1.82, 2.24) is 0 Å². The Labute approximate surface area is 171 Å². The maximum absolute atomic E-state index is 12.8. The molecule has 1 fully saturated rings. The molecule has 1 saturated heterocycles. The Hall–Kier alpha value is -2.21. The van der Waals surface area contributed by atoms with Crippen LogP contribution in [0.25, 0.3) is 0 Å². The lowest BCUT2D eigenvalue weighted by molar-refractivity contribution is -0.144. The molecule has 0 unspecified atom stereocenters. The van der Waals surface area contributed by atoms with Crippen LogP contribution >= 0.6 is 15.9 Å². The molecular weight excluding hydrogens is 424 g/mol. The third kappa shape index (κ3) is 2.94. The van der Waals surface area contributed by atoms with Crippen LogP contribution in [0.2, 0.25) is 0 Å². The third-order valence-electron chi connectivity index (χ3n) is 6.08. The van der Waals surface area contributed by atoms with Crippen LogP contribution in [0.4, 0.5) is 0 Å². The Morgan fingerprint density at radius 2 is 1.93 bits per heavy atom. The zero-order valence-corrected chi connectivity index (χ0v) is 17.5. The highest BCUT2D eigenvalue weighted by atomic mass is 79.9. The zero-order valence-electron chi connectivity index (χ0n) is 15.9. The predicted molar refractivity (Wildman–Crippen MR) is 105 cm³/mol. The van der Waals surface area contributed by atoms with Gasteiger partial charge >= 0.3 is 11.9 Å². The van der Waals surface area contributed by atoms with Crippen LogP contribution in [0.1, 0.15) is 37.6 Å². The lowest BCUT2D eigenvalue weighted by Crippen LogP contribution is -2.38. The molecule has 5 atom stereocenters. The van der Waals surface area contributed by atoms with E-state index in [-0.39, 0.29) is 23.6 Å². The molecule has 1 aromatic carbocycles. The Bertz CT molecular complexity index is 944. The normalized spacial score (nSPS) is 31.7. The summed E-state index contributed by atoms with van der Waals surface area (Å²) in [4.78, 5) is 37.7. The van der Waals surface area contributed by atoms with Crippen LogP contribution in [0.3, 0.4) is 0 Å². The zero-order chi connectivity index (χ0) is 20.2. The number of ketones is 1. The van der Waals surface area contributed by atoms with Crippen LogP contribution in [-0.2, 0) is 19.1 Å². The summed E-state index contributed by atoms with van der Waals surface area (Å²) in [5, 5.41) is 0. The van der Waals surface area contributed by atoms with E-state index in [1.807, 2.05) is 26.8 Å². The third-order valence-corrected chi connectivity index (χ3v) is 6.78. The maximum atomic E-state index is 12.8. The molecule has 0 saturated carbocycles. The minimum atomic E-state index is -0.537. The highest BCUT2D eigenvalue weighted by Crippen LogP contribution is 2.48. The van der Waals surface area contributed by atoms with Crippen molar-refractivity contribution in [2.24, 2.45) is 17.8 Å². The van der Waals surface area contributed by atoms with Crippen LogP contribution in [0, 0.1) is 17.8 Å². The van der Waals surface area contributed by atoms with Crippen molar-refractivity contribution < 1.29 is 23.9 Å². The molecule has 0 aromatic heterocycles. The smallest absolute Gasteiger partial charge is 0.339 e. The molecular formula is C22H21BrO5. The first kappa shape index (κ1) is 19.1. The topological polar surface area (TPSA) is 69.7 Å². The summed E-state index contributed by atoms with van der Waals surface area (Å²) in [6.45, 7) is 5.60. The van der Waals surface area contributed by atoms with E-state index in [1.54, 1.807) is 24.3 Å². The number of carbonyl (C=O) groups excluding carboxylic acids is 3. The number of hydrogen-bond donors (Lipinski definition) is 0. The van der Waals surface area contributed by atoms with E-state index >= 15 is 0 Å². The SMILES string of the molecule is CC1=CC(=O)C2=C(C)C[C@H](OC(=O)c3ccccc3Br)[C@H]3[C@H](OC(=O)[C@@H]3C)[C@@H]12. The Balaban J connectivity index is 1.72. The monoisotopic (exact) mass is 444 g/mol. The predicted octanol–water partition coefficient (Wildman–Crippen LogP) is 4.02. The van der Waals surface area contributed by atoms with Crippen molar-refractivity contribution in [3.8, 4) is 0 Å². The standard InChI is InChI=1S/C22H21BrO5/c1-10-8-15(24)17-11(2)9-16(19-12(3)21(25)28-20(19)18(10)17)27-22(26)13-6-4-5-7-14(13)23/h4-8,12,16,18-20H,9H2,1-3H3/t12-,16+,18+,19+,20-/m1/s1. The highest BCUT2D eigenvalue weighted by Gasteiger charge is 2.55. The summed E-state index contributed by atoms with van der Waals surface area (Å²) in [5.74, 6) is -1.75. The van der Waals surface area contributed by atoms with Gasteiger partial charge in [0.05, 0.1) is 11.5 Å². The van der Waals surface area contributed by atoms with Gasteiger partial charge in [0.15, 0.2) is 5.78 Å². The van der Waals surface area contributed by atoms with E-state index in [2.05, 4.69) is 15.9 Å². The van der Waals surface area contributed by atoms with Gasteiger partial charge < -0.3 is 9.47 Å². The minimum absolute atomic E-state index is 0.0351. The molecule has 28 heavy (non-hydrogen) atoms. The van der Waals surface area contributed by atoms with E-state index in [1.165, 1.54) is 0 Å². The number of esters is 2. The molecule has 1 aromatic rings. The summed E-state index contributed by atoms with van der Waals surface area (Å²) in [7, 11) is 0. The van der Waals surface area contributed by atoms with Crippen molar-refractivity contribution in [3.63, 3.8) is 0 Å². The highest BCUT2D eigenvalue weighted by molar-refractivity contribution is 9.10. The van der Waals surface area contributed by atoms with Gasteiger partial charge in [0.2, 0.25) is 0 Å². The number of fused-ring (bicyclic) bond motifs is 3. The lowest BCUT2D eigenvalue weighted by atomic mass is 9.79. The maximum Gasteiger partial charge on any atom is 0.339 e. The Kier molecular flexibility index (Phi) is 4.78. The molecule has 0 bridgehead atoms. The molecule has 1 aliphatic heterocycles. The lowest BCUT2D eigenvalue weighted by Gasteiger charge is -2.29. The second-order valence-corrected chi connectivity index (χ2v) is 8.67. The first-order valence-electron chi connectivity index (χ1n) is 9.37. The van der Waals surface area contributed by atoms with Gasteiger partial charge in [-0.25, -0.2) is 4.79 Å². The molecule has 6 heteroatoms. The van der Waals surface area contributed by atoms with Crippen LogP contribution in [0.15, 0.2) is 51.5 Å². The Morgan fingerprint density at radius 1 is 1.21 bits per heavy atom. The molecule has 0 N–H and O–H groups in total. The van der Waals surface area contributed by atoms with E-state index in [4.69, 9.17) is 9.47 Å². The van der Waals surface area contributed by atoms with E-state index in [9.17, 15) is 14.4 Å². The molecule has 1 heterocycles. The van der Waals surface area contributed by atoms with Gasteiger partial charge in [-0.05, 0) is 48.0 Å². The minimum Gasteiger partial charge on any atom is -0.461 e. The number of allylic oxidation sites excluding steroid dienone is 1. The summed E-state index contributed by atoms with van der Waals surface area (Å²) < 4.78 is 12.3. The van der Waals surface area contributed by atoms with Gasteiger partial charge in [0, 0.05) is 28.3 Å². The fourth-order valence-electron chi connectivity index (χ4n) is 4.74. The molecule has 2 aliphatic carbocycles. The summed E-state index contributed by atoms with van der Waals surface area (Å²) >= 11 is 3.38. The average Bonchev–Trinajstić information content (AvgIpc) is 3.05. The molecule has 146 valence electrons. The van der Waals surface area contributed by atoms with Crippen LogP contribution < -0.4 is 0 Å². The van der Waals surface area contributed by atoms with Crippen molar-refractivity contribution in [3.05, 3.63) is 57.1 Å². The van der Waals surface area contributed by atoms with Gasteiger partial charge in [-0.15, -0.1) is 0 Å². The first-order valence-corrected chi connectivity index (χ1v) is 10.2. The number of carbonyl (C=O) groups is 3. The first-order chi connectivity index (χ1) is 13.3. The summed E-state index contributed by atoms with van der Waals surface area (Å²) in [6.07, 6.45) is 1.02. The summed E-state index contributed by atoms with van der Waals surface area (Å²) in [5.41, 5.74) is 2.91. The number of rotatable bonds is 2. The fraction of sp³-hybridized carbons (Fsp3) is 0.409. The van der Waals surface area contributed by atoms with E-state index in [0.717, 1.165) is 11.1 Å². The second kappa shape index (κ2) is 6.99. The molecule has 0 amide bonds. The van der Waals surface area contributed by atoms with E-state index < -0.39 is 24.1 Å². The quantitative estimate of drug-likeness (QED) is 0.644. The van der Waals surface area contributed by atoms with E-state index in [0.29, 0.717) is 22.0 Å². The van der Waals surface area contributed by atoms with Gasteiger partial charge in [0.1, 0.15) is 12.2 Å². The molecule has 5 nitrogen and oxygen atoms in total. The molecule has 4 rings (SSSR count). The van der Waals surface area contributed by atoms with Crippen molar-refractivity contribution in [2.45, 2.75) is 39.4 Å². The van der Waals surface area contributed by atoms with Crippen molar-refractivity contribution >= 4 is 33.7 Å². The number of halogens is 1. The van der Waals surface area contributed by atoms with Crippen molar-refractivity contribution in [1.29, 1.82) is 0 Å². The number of benzene rings is 1. The molecule has 0 spiro atoms. The van der Waals surface area contributed by atoms with Crippen LogP contribution in [-0.4, -0.2) is 29.9 Å².